The molecule has 0 radical (unpaired) electrons. The number of hydrogen-bond acceptors (Lipinski definition) is 4. The average Bonchev–Trinajstić information content (AvgIpc) is 3.18. The Kier molecular flexibility index (Phi) is 6.04. The number of thiocarbonyl (C=S) groups is 1. The van der Waals surface area contributed by atoms with Gasteiger partial charge >= 0.3 is 0 Å². The summed E-state index contributed by atoms with van der Waals surface area (Å²) in [5.41, 5.74) is 2.63. The van der Waals surface area contributed by atoms with Crippen LogP contribution in [0.2, 0.25) is 10.0 Å². The van der Waals surface area contributed by atoms with E-state index >= 15 is 0 Å². The van der Waals surface area contributed by atoms with Crippen molar-refractivity contribution in [3.63, 3.8) is 0 Å². The molecule has 0 fully saturated rings. The largest absolute Gasteiger partial charge is 0.454 e. The van der Waals surface area contributed by atoms with Crippen molar-refractivity contribution in [2.75, 3.05) is 12.1 Å². The zero-order valence-electron chi connectivity index (χ0n) is 15.3. The van der Waals surface area contributed by atoms with Crippen LogP contribution in [0.1, 0.15) is 11.3 Å². The first-order valence-electron chi connectivity index (χ1n) is 8.88. The highest BCUT2D eigenvalue weighted by Crippen LogP contribution is 2.33. The molecular formula is C21H17Cl2N3O2S. The van der Waals surface area contributed by atoms with E-state index in [2.05, 4.69) is 10.3 Å². The maximum atomic E-state index is 6.29. The van der Waals surface area contributed by atoms with Crippen LogP contribution in [0.3, 0.4) is 0 Å². The topological polar surface area (TPSA) is 46.6 Å². The Morgan fingerprint density at radius 2 is 1.90 bits per heavy atom. The van der Waals surface area contributed by atoms with E-state index in [1.807, 2.05) is 41.3 Å². The molecule has 148 valence electrons. The Balaban J connectivity index is 1.56. The minimum Gasteiger partial charge on any atom is -0.454 e. The molecule has 0 aliphatic carbocycles. The monoisotopic (exact) mass is 445 g/mol. The van der Waals surface area contributed by atoms with E-state index in [0.717, 1.165) is 22.8 Å². The fraction of sp³-hybridized carbons (Fsp3) is 0.143. The van der Waals surface area contributed by atoms with Crippen molar-refractivity contribution in [3.05, 3.63) is 82.1 Å². The lowest BCUT2D eigenvalue weighted by Gasteiger charge is -2.26. The van der Waals surface area contributed by atoms with Gasteiger partial charge in [-0.15, -0.1) is 0 Å². The van der Waals surface area contributed by atoms with E-state index in [1.165, 1.54) is 0 Å². The summed E-state index contributed by atoms with van der Waals surface area (Å²) >= 11 is 18.0. The molecule has 0 saturated carbocycles. The number of halogens is 2. The molecular weight excluding hydrogens is 429 g/mol. The summed E-state index contributed by atoms with van der Waals surface area (Å²) < 4.78 is 10.9. The van der Waals surface area contributed by atoms with Crippen molar-refractivity contribution in [1.82, 2.24) is 9.88 Å². The van der Waals surface area contributed by atoms with Crippen LogP contribution in [-0.2, 0) is 13.1 Å². The molecule has 0 atom stereocenters. The molecule has 1 aromatic heterocycles. The van der Waals surface area contributed by atoms with Crippen molar-refractivity contribution in [3.8, 4) is 11.5 Å². The van der Waals surface area contributed by atoms with E-state index in [1.54, 1.807) is 24.4 Å². The van der Waals surface area contributed by atoms with Crippen LogP contribution in [0.25, 0.3) is 0 Å². The Labute approximate surface area is 184 Å². The normalized spacial score (nSPS) is 11.9. The summed E-state index contributed by atoms with van der Waals surface area (Å²) in [6.45, 7) is 1.34. The van der Waals surface area contributed by atoms with Crippen LogP contribution in [0, 0.1) is 0 Å². The minimum atomic E-state index is 0.242. The van der Waals surface area contributed by atoms with Crippen LogP contribution in [0.4, 0.5) is 5.69 Å². The summed E-state index contributed by atoms with van der Waals surface area (Å²) in [5.74, 6) is 1.48. The number of anilines is 1. The molecule has 1 N–H and O–H groups in total. The van der Waals surface area contributed by atoms with Crippen LogP contribution in [0.5, 0.6) is 11.5 Å². The third-order valence-electron chi connectivity index (χ3n) is 4.35. The van der Waals surface area contributed by atoms with Crippen LogP contribution in [0.15, 0.2) is 60.8 Å². The molecule has 2 aromatic carbocycles. The van der Waals surface area contributed by atoms with E-state index in [4.69, 9.17) is 44.9 Å². The Bertz CT molecular complexity index is 1030. The predicted molar refractivity (Wildman–Crippen MR) is 119 cm³/mol. The van der Waals surface area contributed by atoms with Gasteiger partial charge < -0.3 is 19.7 Å². The van der Waals surface area contributed by atoms with Gasteiger partial charge in [0.25, 0.3) is 0 Å². The fourth-order valence-electron chi connectivity index (χ4n) is 2.93. The van der Waals surface area contributed by atoms with Gasteiger partial charge in [0.1, 0.15) is 0 Å². The summed E-state index contributed by atoms with van der Waals surface area (Å²) in [7, 11) is 0. The van der Waals surface area contributed by atoms with Gasteiger partial charge in [-0.05, 0) is 60.2 Å². The molecule has 0 unspecified atom stereocenters. The maximum Gasteiger partial charge on any atom is 0.231 e. The highest BCUT2D eigenvalue weighted by molar-refractivity contribution is 7.80. The van der Waals surface area contributed by atoms with Gasteiger partial charge in [-0.25, -0.2) is 0 Å². The molecule has 4 rings (SSSR count). The zero-order chi connectivity index (χ0) is 20.2. The van der Waals surface area contributed by atoms with E-state index in [0.29, 0.717) is 33.9 Å². The van der Waals surface area contributed by atoms with Crippen molar-refractivity contribution in [2.24, 2.45) is 0 Å². The van der Waals surface area contributed by atoms with Gasteiger partial charge in [0.05, 0.1) is 22.9 Å². The number of nitrogens with zero attached hydrogens (tertiary/aromatic N) is 2. The number of ether oxygens (including phenoxy) is 2. The van der Waals surface area contributed by atoms with Crippen molar-refractivity contribution < 1.29 is 9.47 Å². The van der Waals surface area contributed by atoms with Crippen LogP contribution < -0.4 is 14.8 Å². The second-order valence-corrected chi connectivity index (χ2v) is 7.65. The lowest BCUT2D eigenvalue weighted by atomic mass is 10.2. The van der Waals surface area contributed by atoms with Gasteiger partial charge in [-0.3, -0.25) is 4.98 Å². The summed E-state index contributed by atoms with van der Waals surface area (Å²) in [5, 5.41) is 4.81. The van der Waals surface area contributed by atoms with Gasteiger partial charge in [-0.1, -0.05) is 35.3 Å². The molecule has 0 saturated heterocycles. The fourth-order valence-corrected chi connectivity index (χ4v) is 3.63. The SMILES string of the molecule is S=C(Nc1ccc(Cl)cc1Cl)N(Cc1ccc2c(c1)OCO2)Cc1ccccn1. The number of benzene rings is 2. The number of nitrogens with one attached hydrogen (secondary N) is 1. The van der Waals surface area contributed by atoms with Crippen LogP contribution >= 0.6 is 35.4 Å². The molecule has 2 heterocycles. The summed E-state index contributed by atoms with van der Waals surface area (Å²) in [6, 6.07) is 16.9. The Morgan fingerprint density at radius 3 is 2.69 bits per heavy atom. The van der Waals surface area contributed by atoms with E-state index in [9.17, 15) is 0 Å². The zero-order valence-corrected chi connectivity index (χ0v) is 17.6. The maximum absolute atomic E-state index is 6.29. The van der Waals surface area contributed by atoms with E-state index in [-0.39, 0.29) is 6.79 Å². The molecule has 8 heteroatoms. The molecule has 5 nitrogen and oxygen atoms in total. The minimum absolute atomic E-state index is 0.242. The van der Waals surface area contributed by atoms with Crippen molar-refractivity contribution in [2.45, 2.75) is 13.1 Å². The highest BCUT2D eigenvalue weighted by Gasteiger charge is 2.17. The average molecular weight is 446 g/mol. The molecule has 29 heavy (non-hydrogen) atoms. The van der Waals surface area contributed by atoms with Gasteiger partial charge in [0, 0.05) is 17.8 Å². The third-order valence-corrected chi connectivity index (χ3v) is 5.26. The first-order valence-corrected chi connectivity index (χ1v) is 10.0. The van der Waals surface area contributed by atoms with Crippen molar-refractivity contribution in [1.29, 1.82) is 0 Å². The molecule has 3 aromatic rings. The molecule has 0 spiro atoms. The quantitative estimate of drug-likeness (QED) is 0.521. The van der Waals surface area contributed by atoms with Crippen LogP contribution in [-0.4, -0.2) is 21.8 Å². The summed E-state index contributed by atoms with van der Waals surface area (Å²) in [6.07, 6.45) is 1.76. The first-order chi connectivity index (χ1) is 14.1. The predicted octanol–water partition coefficient (Wildman–Crippen LogP) is 5.52. The van der Waals surface area contributed by atoms with Crippen molar-refractivity contribution >= 4 is 46.2 Å². The summed E-state index contributed by atoms with van der Waals surface area (Å²) in [4.78, 5) is 6.43. The number of rotatable bonds is 5. The Hall–Kier alpha value is -2.54. The molecule has 1 aliphatic rings. The first kappa shape index (κ1) is 19.8. The Morgan fingerprint density at radius 1 is 1.03 bits per heavy atom. The van der Waals surface area contributed by atoms with E-state index < -0.39 is 0 Å². The lowest BCUT2D eigenvalue weighted by Crippen LogP contribution is -2.34. The van der Waals surface area contributed by atoms with Gasteiger partial charge in [-0.2, -0.15) is 0 Å². The number of aromatic nitrogens is 1. The third kappa shape index (κ3) is 4.90. The molecule has 0 bridgehead atoms. The lowest BCUT2D eigenvalue weighted by molar-refractivity contribution is 0.174. The second-order valence-electron chi connectivity index (χ2n) is 6.42. The second kappa shape index (κ2) is 8.86. The highest BCUT2D eigenvalue weighted by atomic mass is 35.5. The molecule has 0 amide bonds. The number of hydrogen-bond donors (Lipinski definition) is 1. The molecule has 1 aliphatic heterocycles. The standard InChI is InChI=1S/C21H17Cl2N3O2S/c22-15-5-6-18(17(23)10-15)25-21(29)26(12-16-3-1-2-8-24-16)11-14-4-7-19-20(9-14)28-13-27-19/h1-10H,11-13H2,(H,25,29). The number of fused-ring (bicyclic) bond motifs is 1. The van der Waals surface area contributed by atoms with Gasteiger partial charge in [0.2, 0.25) is 6.79 Å². The van der Waals surface area contributed by atoms with Gasteiger partial charge in [0.15, 0.2) is 16.6 Å². The smallest absolute Gasteiger partial charge is 0.231 e. The number of pyridine rings is 1.